The molecular weight excluding hydrogens is 897 g/mol. The van der Waals surface area contributed by atoms with Crippen LogP contribution in [0.15, 0.2) is 11.6 Å². The minimum atomic E-state index is -1.89. The van der Waals surface area contributed by atoms with Gasteiger partial charge >= 0.3 is 5.97 Å². The fourth-order valence-corrected chi connectivity index (χ4v) is 15.1. The normalized spacial score (nSPS) is 55.7. The van der Waals surface area contributed by atoms with Crippen molar-refractivity contribution in [2.45, 2.75) is 210 Å². The lowest BCUT2D eigenvalue weighted by molar-refractivity contribution is -0.361. The Morgan fingerprint density at radius 1 is 0.676 bits per heavy atom. The first-order valence-corrected chi connectivity index (χ1v) is 24.5. The van der Waals surface area contributed by atoms with Gasteiger partial charge in [-0.2, -0.15) is 0 Å². The summed E-state index contributed by atoms with van der Waals surface area (Å²) >= 11 is 0. The van der Waals surface area contributed by atoms with Gasteiger partial charge in [0.15, 0.2) is 12.6 Å². The molecule has 0 bridgehead atoms. The molecule has 8 rings (SSSR count). The lowest BCUT2D eigenvalue weighted by Gasteiger charge is -2.72. The van der Waals surface area contributed by atoms with Crippen molar-refractivity contribution in [3.8, 4) is 0 Å². The summed E-state index contributed by atoms with van der Waals surface area (Å²) in [4.78, 5) is 15.0. The van der Waals surface area contributed by atoms with Crippen LogP contribution in [0.2, 0.25) is 0 Å². The number of carbonyl (C=O) groups is 1. The van der Waals surface area contributed by atoms with Gasteiger partial charge in [-0.15, -0.1) is 0 Å². The molecule has 4 saturated carbocycles. The summed E-state index contributed by atoms with van der Waals surface area (Å²) in [5.74, 6) is -1.51. The first-order chi connectivity index (χ1) is 31.7. The van der Waals surface area contributed by atoms with Crippen molar-refractivity contribution in [1.29, 1.82) is 0 Å². The van der Waals surface area contributed by atoms with E-state index in [1.807, 2.05) is 0 Å². The van der Waals surface area contributed by atoms with Gasteiger partial charge in [-0.1, -0.05) is 53.2 Å². The number of ether oxygens (including phenoxy) is 6. The van der Waals surface area contributed by atoms with Crippen LogP contribution < -0.4 is 0 Å². The van der Waals surface area contributed by atoms with Crippen LogP contribution in [-0.4, -0.2) is 203 Å². The largest absolute Gasteiger partial charge is 0.432 e. The predicted molar refractivity (Wildman–Crippen MR) is 233 cm³/mol. The second-order valence-electron chi connectivity index (χ2n) is 23.7. The molecule has 0 aromatic heterocycles. The molecule has 0 spiro atoms. The van der Waals surface area contributed by atoms with Gasteiger partial charge in [-0.3, -0.25) is 4.79 Å². The van der Waals surface area contributed by atoms with E-state index in [0.29, 0.717) is 44.9 Å². The molecule has 0 radical (unpaired) electrons. The minimum absolute atomic E-state index is 0.0494. The molecule has 68 heavy (non-hydrogen) atoms. The van der Waals surface area contributed by atoms with Crippen LogP contribution in [0.3, 0.4) is 0 Å². The summed E-state index contributed by atoms with van der Waals surface area (Å²) in [7, 11) is 0. The van der Waals surface area contributed by atoms with Gasteiger partial charge in [0, 0.05) is 11.3 Å². The molecule has 8 aliphatic rings. The number of rotatable bonds is 9. The van der Waals surface area contributed by atoms with E-state index >= 15 is 0 Å². The molecule has 3 heterocycles. The Kier molecular flexibility index (Phi) is 14.3. The van der Waals surface area contributed by atoms with E-state index in [1.165, 1.54) is 6.92 Å². The Morgan fingerprint density at radius 3 is 1.96 bits per heavy atom. The van der Waals surface area contributed by atoms with Gasteiger partial charge in [0.2, 0.25) is 6.29 Å². The molecule has 26 atom stereocenters. The van der Waals surface area contributed by atoms with E-state index in [-0.39, 0.29) is 23.7 Å². The third-order valence-corrected chi connectivity index (χ3v) is 19.3. The number of fused-ring (bicyclic) bond motifs is 7. The van der Waals surface area contributed by atoms with Crippen molar-refractivity contribution in [2.24, 2.45) is 50.2 Å². The highest BCUT2D eigenvalue weighted by Crippen LogP contribution is 2.76. The van der Waals surface area contributed by atoms with Crippen LogP contribution in [0.1, 0.15) is 99.8 Å². The van der Waals surface area contributed by atoms with Crippen LogP contribution >= 0.6 is 0 Å². The van der Waals surface area contributed by atoms with E-state index in [9.17, 15) is 71.2 Å². The van der Waals surface area contributed by atoms with Crippen molar-refractivity contribution >= 4 is 5.97 Å². The summed E-state index contributed by atoms with van der Waals surface area (Å²) in [5, 5.41) is 142. The maximum atomic E-state index is 15.0. The fraction of sp³-hybridized carbons (Fsp3) is 0.938. The van der Waals surface area contributed by atoms with E-state index in [2.05, 4.69) is 40.7 Å². The third-order valence-electron chi connectivity index (χ3n) is 19.3. The average Bonchev–Trinajstić information content (AvgIpc) is 3.28. The Labute approximate surface area is 396 Å². The molecule has 390 valence electrons. The van der Waals surface area contributed by atoms with Crippen LogP contribution in [0, 0.1) is 50.2 Å². The van der Waals surface area contributed by atoms with Crippen molar-refractivity contribution in [3.05, 3.63) is 11.6 Å². The number of aliphatic hydroxyl groups excluding tert-OH is 13. The zero-order valence-electron chi connectivity index (χ0n) is 40.2. The van der Waals surface area contributed by atoms with Gasteiger partial charge < -0.3 is 94.8 Å². The lowest BCUT2D eigenvalue weighted by Crippen LogP contribution is -2.71. The summed E-state index contributed by atoms with van der Waals surface area (Å²) in [6.07, 6.45) is -21.7. The molecule has 3 aliphatic heterocycles. The standard InChI is InChI=1S/C48H78O20/c1-20-28(53)30(55)33(58)40(64-20)67-36-25(17-49)65-39(35(60)32(36)57)63-18-26-29(54)31(56)34(59)41(66-26)68-42(62)48-12-10-43(2,3)14-22(48)21-8-9-27-44(4)15-24(52)38(61)45(5,19-50)37(44)23(51)16-47(27,7)46(21,6)11-13-48/h8,20,22-41,49-61H,9-19H2,1-7H3/t20?,22?,23?,24?,25?,26?,27?,28?,29?,30?,31?,32?,33?,34?,35?,36?,37?,38?,39?,40?,41?,44-,45+,46-,47-,48+/m1/s1. The van der Waals surface area contributed by atoms with Crippen LogP contribution in [0.4, 0.5) is 0 Å². The van der Waals surface area contributed by atoms with E-state index in [0.717, 1.165) is 5.57 Å². The number of allylic oxidation sites excluding steroid dienone is 2. The highest BCUT2D eigenvalue weighted by atomic mass is 16.8. The molecule has 5 aliphatic carbocycles. The van der Waals surface area contributed by atoms with Crippen molar-refractivity contribution in [3.63, 3.8) is 0 Å². The Hall–Kier alpha value is -1.51. The molecule has 21 unspecified atom stereocenters. The van der Waals surface area contributed by atoms with Crippen molar-refractivity contribution in [1.82, 2.24) is 0 Å². The second-order valence-corrected chi connectivity index (χ2v) is 23.7. The predicted octanol–water partition coefficient (Wildman–Crippen LogP) is -1.92. The zero-order valence-corrected chi connectivity index (χ0v) is 40.2. The molecule has 20 nitrogen and oxygen atoms in total. The van der Waals surface area contributed by atoms with E-state index in [4.69, 9.17) is 28.4 Å². The highest BCUT2D eigenvalue weighted by Gasteiger charge is 2.73. The van der Waals surface area contributed by atoms with Gasteiger partial charge in [-0.05, 0) is 91.8 Å². The number of hydrogen-bond acceptors (Lipinski definition) is 20. The summed E-state index contributed by atoms with van der Waals surface area (Å²) < 4.78 is 34.6. The van der Waals surface area contributed by atoms with Crippen LogP contribution in [0.25, 0.3) is 0 Å². The number of carbonyl (C=O) groups excluding carboxylic acids is 1. The quantitative estimate of drug-likeness (QED) is 0.0885. The summed E-state index contributed by atoms with van der Waals surface area (Å²) in [6, 6.07) is 0. The number of aliphatic hydroxyl groups is 13. The van der Waals surface area contributed by atoms with Gasteiger partial charge in [-0.25, -0.2) is 0 Å². The van der Waals surface area contributed by atoms with Gasteiger partial charge in [0.1, 0.15) is 67.1 Å². The SMILES string of the molecule is CC1OC(OC2C(CO)OC(OCC3OC(OC(=O)[C@]45CCC(C)(C)CC4C4=CCC6[C@@]7(C)CC(O)C(O)[C@@](C)(CO)C7C(O)C[C@@]6(C)[C@]4(C)CC5)C(O)C(O)C3O)C(O)C2O)C(O)C(O)C1O. The van der Waals surface area contributed by atoms with E-state index in [1.54, 1.807) is 6.92 Å². The Bertz CT molecular complexity index is 1870. The maximum Gasteiger partial charge on any atom is 0.315 e. The first kappa shape index (κ1) is 52.8. The monoisotopic (exact) mass is 975 g/mol. The summed E-state index contributed by atoms with van der Waals surface area (Å²) in [6.45, 7) is 12.1. The molecule has 13 N–H and O–H groups in total. The molecule has 3 saturated heterocycles. The summed E-state index contributed by atoms with van der Waals surface area (Å²) in [5.41, 5.74) is -3.01. The first-order valence-electron chi connectivity index (χ1n) is 24.5. The molecule has 0 aromatic carbocycles. The maximum absolute atomic E-state index is 15.0. The smallest absolute Gasteiger partial charge is 0.315 e. The van der Waals surface area contributed by atoms with E-state index < -0.39 is 169 Å². The second kappa shape index (κ2) is 18.5. The molecule has 20 heteroatoms. The van der Waals surface area contributed by atoms with Crippen molar-refractivity contribution in [2.75, 3.05) is 19.8 Å². The van der Waals surface area contributed by atoms with Gasteiger partial charge in [0.05, 0.1) is 49.7 Å². The van der Waals surface area contributed by atoms with Gasteiger partial charge in [0.25, 0.3) is 0 Å². The molecule has 0 amide bonds. The lowest BCUT2D eigenvalue weighted by atomic mass is 9.33. The fourth-order valence-electron chi connectivity index (χ4n) is 15.1. The van der Waals surface area contributed by atoms with Crippen LogP contribution in [0.5, 0.6) is 0 Å². The number of esters is 1. The number of hydrogen-bond donors (Lipinski definition) is 13. The van der Waals surface area contributed by atoms with Crippen LogP contribution in [-0.2, 0) is 33.2 Å². The Balaban J connectivity index is 0.991. The third kappa shape index (κ3) is 8.07. The average molecular weight is 975 g/mol. The minimum Gasteiger partial charge on any atom is -0.432 e. The Morgan fingerprint density at radius 2 is 1.29 bits per heavy atom. The topological polar surface area (TPSA) is 335 Å². The molecule has 7 fully saturated rings. The zero-order chi connectivity index (χ0) is 50.0. The molecular formula is C48H78O20. The van der Waals surface area contributed by atoms with Crippen molar-refractivity contribution < 1.29 is 99.6 Å². The molecule has 0 aromatic rings. The highest BCUT2D eigenvalue weighted by molar-refractivity contribution is 5.79.